The maximum Gasteiger partial charge on any atom is 0.407 e. The minimum Gasteiger partial charge on any atom is -0.465 e. The lowest BCUT2D eigenvalue weighted by Crippen LogP contribution is -2.63. The first-order valence-electron chi connectivity index (χ1n) is 38.9. The van der Waals surface area contributed by atoms with E-state index in [2.05, 4.69) is 38.7 Å². The number of allylic oxidation sites excluding steroid dienone is 1. The maximum absolute atomic E-state index is 15.5. The quantitative estimate of drug-likeness (QED) is 0.0467. The highest BCUT2D eigenvalue weighted by molar-refractivity contribution is 6.00. The van der Waals surface area contributed by atoms with E-state index in [9.17, 15) is 48.6 Å². The Bertz CT molecular complexity index is 3410. The molecular formula is C81H131N13O15. The van der Waals surface area contributed by atoms with E-state index in [0.29, 0.717) is 13.1 Å². The molecule has 4 rings (SSSR count). The third kappa shape index (κ3) is 25.5. The van der Waals surface area contributed by atoms with Gasteiger partial charge in [0.2, 0.25) is 65.0 Å². The Morgan fingerprint density at radius 3 is 1.50 bits per heavy atom. The number of hydrogen-bond acceptors (Lipinski definition) is 15. The van der Waals surface area contributed by atoms with Crippen molar-refractivity contribution in [2.24, 2.45) is 41.4 Å². The molecule has 1 saturated heterocycles. The third-order valence-corrected chi connectivity index (χ3v) is 20.8. The van der Waals surface area contributed by atoms with Gasteiger partial charge in [-0.3, -0.25) is 52.7 Å². The first-order chi connectivity index (χ1) is 51.0. The number of rotatable bonds is 25. The highest BCUT2D eigenvalue weighted by Crippen LogP contribution is 2.45. The number of likely N-dealkylation sites (N-methyl/N-ethyl adjacent to an activating group) is 7. The number of aliphatic hydroxyl groups is 1. The van der Waals surface area contributed by atoms with E-state index in [1.165, 1.54) is 92.6 Å². The van der Waals surface area contributed by atoms with Crippen LogP contribution in [0, 0.1) is 41.4 Å². The number of fused-ring (bicyclic) bond motifs is 3. The topological polar surface area (TPSA) is 341 Å². The molecule has 610 valence electrons. The van der Waals surface area contributed by atoms with Crippen molar-refractivity contribution >= 4 is 71.1 Å². The van der Waals surface area contributed by atoms with Crippen molar-refractivity contribution in [2.75, 3.05) is 95.3 Å². The lowest BCUT2D eigenvalue weighted by molar-refractivity contribution is -0.157. The maximum atomic E-state index is 15.5. The van der Waals surface area contributed by atoms with Crippen molar-refractivity contribution in [1.29, 1.82) is 0 Å². The van der Waals surface area contributed by atoms with Gasteiger partial charge in [-0.05, 0) is 116 Å². The summed E-state index contributed by atoms with van der Waals surface area (Å²) in [5.74, 6) is -10.5. The van der Waals surface area contributed by atoms with Gasteiger partial charge >= 0.3 is 6.09 Å². The van der Waals surface area contributed by atoms with Crippen LogP contribution in [-0.2, 0) is 57.5 Å². The molecule has 109 heavy (non-hydrogen) atoms. The lowest BCUT2D eigenvalue weighted by Gasteiger charge is -2.41. The summed E-state index contributed by atoms with van der Waals surface area (Å²) in [6, 6.07) is 3.29. The number of carboxylic acid groups (broad SMARTS) is 1. The number of aliphatic hydroxyl groups excluding tert-OH is 1. The molecule has 2 aromatic rings. The Labute approximate surface area is 647 Å². The summed E-state index contributed by atoms with van der Waals surface area (Å²) in [7, 11) is 9.85. The molecule has 1 aliphatic heterocycles. The van der Waals surface area contributed by atoms with Crippen LogP contribution in [0.3, 0.4) is 0 Å². The standard InChI is InChI=1S/C81H131N13O15/c1-24-61-76(102)87(17)46-66(95)88(18)62(41-47(2)3)73(99)86-67(51(10)11)79(105)89(19)63(42-48(4)5)72(98)83-54(15)71(97)84-55(16)75(101)90(20)64(43-49(6)7)77(103)91(21)65(44-50(8)9)78(104)92(22)68(52(12)13)80(106)93(23)69(74(100)85-61)70(96)53(14)31-29-30-36-82-37-39-109-40-38-94(81(107)108)45-60-58-34-27-25-32-56(58)57-33-26-28-35-59(57)60/h25-30,32-35,47-55,60-65,67-70,82,96H,24,31,36-46H2,1-23H3,(H,83,98)(H,84,97)(H,85,100)(H,86,99)(H,107,108)/b30-29+/t53-,54+,55-,61?,62?,63+,64+,65+,67?,68+,69+,70-/m1/s1. The van der Waals surface area contributed by atoms with Crippen LogP contribution >= 0.6 is 0 Å². The van der Waals surface area contributed by atoms with E-state index in [4.69, 9.17) is 4.74 Å². The fourth-order valence-electron chi connectivity index (χ4n) is 14.3. The lowest BCUT2D eigenvalue weighted by atomic mass is 9.91. The van der Waals surface area contributed by atoms with E-state index in [-0.39, 0.29) is 94.4 Å². The Morgan fingerprint density at radius 1 is 0.532 bits per heavy atom. The molecule has 7 N–H and O–H groups in total. The van der Waals surface area contributed by atoms with E-state index < -0.39 is 162 Å². The summed E-state index contributed by atoms with van der Waals surface area (Å²) >= 11 is 0. The largest absolute Gasteiger partial charge is 0.465 e. The number of amides is 12. The van der Waals surface area contributed by atoms with Gasteiger partial charge in [0.1, 0.15) is 60.4 Å². The van der Waals surface area contributed by atoms with Gasteiger partial charge in [-0.1, -0.05) is 158 Å². The third-order valence-electron chi connectivity index (χ3n) is 20.8. The molecule has 0 bridgehead atoms. The molecule has 28 nitrogen and oxygen atoms in total. The van der Waals surface area contributed by atoms with Crippen LogP contribution in [-0.4, -0.2) is 282 Å². The van der Waals surface area contributed by atoms with Gasteiger partial charge in [-0.25, -0.2) is 4.79 Å². The second-order valence-corrected chi connectivity index (χ2v) is 32.3. The van der Waals surface area contributed by atoms with Crippen molar-refractivity contribution in [2.45, 2.75) is 222 Å². The van der Waals surface area contributed by atoms with Crippen LogP contribution in [0.2, 0.25) is 0 Å². The van der Waals surface area contributed by atoms with Crippen LogP contribution in [0.1, 0.15) is 166 Å². The van der Waals surface area contributed by atoms with E-state index >= 15 is 19.2 Å². The van der Waals surface area contributed by atoms with Crippen molar-refractivity contribution in [3.05, 3.63) is 71.8 Å². The molecule has 0 aromatic heterocycles. The van der Waals surface area contributed by atoms with E-state index in [1.807, 2.05) is 97.9 Å². The van der Waals surface area contributed by atoms with E-state index in [1.54, 1.807) is 47.6 Å². The fourth-order valence-corrected chi connectivity index (χ4v) is 14.3. The number of carbonyl (C=O) groups is 12. The molecule has 28 heteroatoms. The average molecular weight is 1530 g/mol. The molecule has 1 fully saturated rings. The molecular weight excluding hydrogens is 1390 g/mol. The summed E-state index contributed by atoms with van der Waals surface area (Å²) in [5, 5.41) is 37.1. The van der Waals surface area contributed by atoms with E-state index in [0.717, 1.165) is 32.1 Å². The van der Waals surface area contributed by atoms with Crippen LogP contribution in [0.4, 0.5) is 4.79 Å². The van der Waals surface area contributed by atoms with Gasteiger partial charge in [-0.15, -0.1) is 0 Å². The average Bonchev–Trinajstić information content (AvgIpc) is 1.60. The van der Waals surface area contributed by atoms with Gasteiger partial charge in [0, 0.05) is 81.4 Å². The normalized spacial score (nSPS) is 23.9. The van der Waals surface area contributed by atoms with Crippen LogP contribution in [0.15, 0.2) is 60.7 Å². The smallest absolute Gasteiger partial charge is 0.407 e. The van der Waals surface area contributed by atoms with Crippen molar-refractivity contribution in [3.8, 4) is 11.1 Å². The highest BCUT2D eigenvalue weighted by Gasteiger charge is 2.46. The van der Waals surface area contributed by atoms with Gasteiger partial charge in [0.25, 0.3) is 0 Å². The summed E-state index contributed by atoms with van der Waals surface area (Å²) in [6.45, 7) is 29.0. The highest BCUT2D eigenvalue weighted by atomic mass is 16.5. The number of ether oxygens (including phenoxy) is 1. The molecule has 1 aliphatic carbocycles. The summed E-state index contributed by atoms with van der Waals surface area (Å²) in [6.07, 6.45) is 1.65. The van der Waals surface area contributed by atoms with Crippen molar-refractivity contribution in [1.82, 2.24) is 65.8 Å². The van der Waals surface area contributed by atoms with Gasteiger partial charge in [0.05, 0.1) is 25.9 Å². The summed E-state index contributed by atoms with van der Waals surface area (Å²) in [5.41, 5.74) is 4.37. The second-order valence-electron chi connectivity index (χ2n) is 32.3. The fraction of sp³-hybridized carbons (Fsp3) is 0.679. The number of nitrogens with one attached hydrogen (secondary N) is 5. The van der Waals surface area contributed by atoms with Gasteiger partial charge in [-0.2, -0.15) is 0 Å². The Kier molecular flexibility index (Phi) is 36.8. The number of carbonyl (C=O) groups excluding carboxylic acids is 11. The first kappa shape index (κ1) is 92.9. The minimum absolute atomic E-state index is 0.0244. The first-order valence-corrected chi connectivity index (χ1v) is 38.9. The number of benzene rings is 2. The molecule has 0 saturated carbocycles. The Morgan fingerprint density at radius 2 is 1.00 bits per heavy atom. The Balaban J connectivity index is 1.73. The van der Waals surface area contributed by atoms with Gasteiger partial charge < -0.3 is 80.7 Å². The number of nitrogens with zero attached hydrogens (tertiary/aromatic N) is 8. The predicted molar refractivity (Wildman–Crippen MR) is 420 cm³/mol. The van der Waals surface area contributed by atoms with Gasteiger partial charge in [0.15, 0.2) is 0 Å². The van der Waals surface area contributed by atoms with Crippen molar-refractivity contribution in [3.63, 3.8) is 0 Å². The second kappa shape index (κ2) is 43.2. The molecule has 3 unspecified atom stereocenters. The molecule has 2 aliphatic rings. The number of hydrogen-bond donors (Lipinski definition) is 7. The zero-order valence-electron chi connectivity index (χ0n) is 69.2. The SMILES string of the molecule is CCC1NC(=O)[C@H]([C@H](O)[C@H](C)C/C=C/CNCCOCCN(CC2c3ccccc3-c3ccccc32)C(=O)O)N(C)C(=O)[C@H](C(C)C)N(C)C(=O)[C@H](CC(C)C)N(C)C(=O)[C@H](CC(C)C)N(C)C(=O)[C@@H](C)NC(=O)[C@H](C)NC(=O)[C@H](CC(C)C)N(C)C(=O)C(C(C)C)NC(=O)C(CC(C)C)N(C)C(=O)CN(C)C1=O. The zero-order chi connectivity index (χ0) is 82.3. The zero-order valence-corrected chi connectivity index (χ0v) is 69.2. The minimum atomic E-state index is -1.71. The molecule has 12 amide bonds. The predicted octanol–water partition coefficient (Wildman–Crippen LogP) is 5.65. The molecule has 1 heterocycles. The van der Waals surface area contributed by atoms with Crippen LogP contribution in [0.5, 0.6) is 0 Å². The summed E-state index contributed by atoms with van der Waals surface area (Å²) < 4.78 is 5.88. The van der Waals surface area contributed by atoms with Crippen LogP contribution < -0.4 is 26.6 Å². The summed E-state index contributed by atoms with van der Waals surface area (Å²) in [4.78, 5) is 185. The molecule has 0 spiro atoms. The monoisotopic (exact) mass is 1530 g/mol. The molecule has 2 aromatic carbocycles. The van der Waals surface area contributed by atoms with Crippen molar-refractivity contribution < 1.29 is 72.5 Å². The van der Waals surface area contributed by atoms with Crippen LogP contribution in [0.25, 0.3) is 11.1 Å². The molecule has 12 atom stereocenters. The Hall–Kier alpha value is -8.50. The molecule has 0 radical (unpaired) electrons.